The summed E-state index contributed by atoms with van der Waals surface area (Å²) in [6.45, 7) is 1.67. The largest absolute Gasteiger partial charge is 0.469 e. The highest BCUT2D eigenvalue weighted by atomic mass is 32.2. The fourth-order valence-corrected chi connectivity index (χ4v) is 3.90. The standard InChI is InChI=1S/C19H13N3O3S2/c1-11-13(7-9-25-11)17(23)21-22-18(24)16(27-19(22)26)10-12-6-8-20-15-5-3-2-4-14(12)15/h2-10H,1H3,(H,21,23). The number of aromatic nitrogens is 1. The third-order valence-electron chi connectivity index (χ3n) is 4.08. The lowest BCUT2D eigenvalue weighted by atomic mass is 10.1. The van der Waals surface area contributed by atoms with Crippen molar-refractivity contribution in [3.05, 3.63) is 70.7 Å². The van der Waals surface area contributed by atoms with Crippen LogP contribution in [0.15, 0.2) is 58.2 Å². The Bertz CT molecular complexity index is 1110. The van der Waals surface area contributed by atoms with Crippen molar-refractivity contribution in [2.24, 2.45) is 0 Å². The molecule has 2 amide bonds. The lowest BCUT2D eigenvalue weighted by Gasteiger charge is -2.15. The van der Waals surface area contributed by atoms with Gasteiger partial charge in [-0.05, 0) is 49.0 Å². The van der Waals surface area contributed by atoms with Gasteiger partial charge in [0.05, 0.1) is 22.2 Å². The predicted octanol–water partition coefficient (Wildman–Crippen LogP) is 3.68. The quantitative estimate of drug-likeness (QED) is 0.539. The Balaban J connectivity index is 1.62. The predicted molar refractivity (Wildman–Crippen MR) is 108 cm³/mol. The number of furan rings is 1. The van der Waals surface area contributed by atoms with Gasteiger partial charge in [0.2, 0.25) is 0 Å². The fraction of sp³-hybridized carbons (Fsp3) is 0.0526. The van der Waals surface area contributed by atoms with E-state index in [1.165, 1.54) is 6.26 Å². The number of fused-ring (bicyclic) bond motifs is 1. The van der Waals surface area contributed by atoms with Gasteiger partial charge in [-0.15, -0.1) is 0 Å². The van der Waals surface area contributed by atoms with Crippen LogP contribution in [0.2, 0.25) is 0 Å². The number of benzene rings is 1. The molecule has 8 heteroatoms. The zero-order chi connectivity index (χ0) is 19.0. The average molecular weight is 395 g/mol. The summed E-state index contributed by atoms with van der Waals surface area (Å²) in [5.41, 5.74) is 4.60. The number of carbonyl (C=O) groups is 2. The highest BCUT2D eigenvalue weighted by Gasteiger charge is 2.34. The van der Waals surface area contributed by atoms with E-state index in [9.17, 15) is 9.59 Å². The number of nitrogens with zero attached hydrogens (tertiary/aromatic N) is 2. The molecular weight excluding hydrogens is 382 g/mol. The van der Waals surface area contributed by atoms with Gasteiger partial charge < -0.3 is 4.42 Å². The summed E-state index contributed by atoms with van der Waals surface area (Å²) < 4.78 is 5.39. The van der Waals surface area contributed by atoms with E-state index in [1.54, 1.807) is 25.3 Å². The lowest BCUT2D eigenvalue weighted by Crippen LogP contribution is -2.44. The molecule has 0 aliphatic carbocycles. The van der Waals surface area contributed by atoms with Gasteiger partial charge in [-0.3, -0.25) is 20.0 Å². The Morgan fingerprint density at radius 3 is 2.89 bits per heavy atom. The highest BCUT2D eigenvalue weighted by Crippen LogP contribution is 2.32. The number of aryl methyl sites for hydroxylation is 1. The van der Waals surface area contributed by atoms with Crippen LogP contribution in [0.1, 0.15) is 21.7 Å². The minimum atomic E-state index is -0.451. The Labute approximate surface area is 164 Å². The molecule has 1 fully saturated rings. The zero-order valence-corrected chi connectivity index (χ0v) is 15.8. The Morgan fingerprint density at radius 2 is 2.11 bits per heavy atom. The van der Waals surface area contributed by atoms with Crippen LogP contribution in [0.5, 0.6) is 0 Å². The third-order valence-corrected chi connectivity index (χ3v) is 5.38. The fourth-order valence-electron chi connectivity index (χ4n) is 2.73. The van der Waals surface area contributed by atoms with Crippen LogP contribution in [-0.2, 0) is 4.79 Å². The number of carbonyl (C=O) groups excluding carboxylic acids is 2. The van der Waals surface area contributed by atoms with Gasteiger partial charge in [-0.2, -0.15) is 5.01 Å². The topological polar surface area (TPSA) is 75.4 Å². The van der Waals surface area contributed by atoms with Crippen molar-refractivity contribution < 1.29 is 14.0 Å². The summed E-state index contributed by atoms with van der Waals surface area (Å²) >= 11 is 6.40. The van der Waals surface area contributed by atoms with Crippen LogP contribution < -0.4 is 5.43 Å². The van der Waals surface area contributed by atoms with Crippen molar-refractivity contribution in [1.29, 1.82) is 0 Å². The second-order valence-electron chi connectivity index (χ2n) is 5.77. The number of hydrazine groups is 1. The zero-order valence-electron chi connectivity index (χ0n) is 14.1. The second kappa shape index (κ2) is 6.98. The van der Waals surface area contributed by atoms with E-state index in [1.807, 2.05) is 30.3 Å². The third kappa shape index (κ3) is 3.24. The number of rotatable bonds is 3. The molecule has 2 aromatic heterocycles. The first-order valence-corrected chi connectivity index (χ1v) is 9.24. The molecule has 0 atom stereocenters. The minimum Gasteiger partial charge on any atom is -0.469 e. The molecule has 0 saturated carbocycles. The first-order valence-electron chi connectivity index (χ1n) is 8.01. The van der Waals surface area contributed by atoms with E-state index in [-0.39, 0.29) is 10.2 Å². The van der Waals surface area contributed by atoms with Crippen molar-refractivity contribution in [3.8, 4) is 0 Å². The average Bonchev–Trinajstić information content (AvgIpc) is 3.20. The molecule has 27 heavy (non-hydrogen) atoms. The molecule has 0 radical (unpaired) electrons. The van der Waals surface area contributed by atoms with E-state index in [0.717, 1.165) is 33.2 Å². The molecule has 3 aromatic rings. The minimum absolute atomic E-state index is 0.263. The molecule has 3 heterocycles. The Kier molecular flexibility index (Phi) is 4.51. The van der Waals surface area contributed by atoms with Crippen LogP contribution in [0, 0.1) is 6.92 Å². The number of amides is 2. The molecule has 6 nitrogen and oxygen atoms in total. The van der Waals surface area contributed by atoms with Crippen molar-refractivity contribution in [1.82, 2.24) is 15.4 Å². The first-order chi connectivity index (χ1) is 13.0. The highest BCUT2D eigenvalue weighted by molar-refractivity contribution is 8.26. The van der Waals surface area contributed by atoms with Crippen molar-refractivity contribution in [2.75, 3.05) is 0 Å². The molecule has 0 bridgehead atoms. The van der Waals surface area contributed by atoms with Gasteiger partial charge in [-0.1, -0.05) is 30.0 Å². The molecule has 0 spiro atoms. The molecule has 0 unspecified atom stereocenters. The number of para-hydroxylation sites is 1. The number of pyridine rings is 1. The van der Waals surface area contributed by atoms with Crippen molar-refractivity contribution in [3.63, 3.8) is 0 Å². The van der Waals surface area contributed by atoms with Gasteiger partial charge >= 0.3 is 0 Å². The summed E-state index contributed by atoms with van der Waals surface area (Å²) in [6, 6.07) is 11.1. The summed E-state index contributed by atoms with van der Waals surface area (Å²) in [7, 11) is 0. The number of thioether (sulfide) groups is 1. The molecule has 1 aliphatic heterocycles. The molecule has 4 rings (SSSR count). The SMILES string of the molecule is Cc1occc1C(=O)NN1C(=O)C(=Cc2ccnc3ccccc23)SC1=S. The normalized spacial score (nSPS) is 15.7. The van der Waals surface area contributed by atoms with Gasteiger partial charge in [0.15, 0.2) is 4.32 Å². The number of thiocarbonyl (C=S) groups is 1. The van der Waals surface area contributed by atoms with Gasteiger partial charge in [-0.25, -0.2) is 0 Å². The summed E-state index contributed by atoms with van der Waals surface area (Å²) in [6.07, 6.45) is 4.87. The number of nitrogens with one attached hydrogen (secondary N) is 1. The Hall–Kier alpha value is -2.97. The van der Waals surface area contributed by atoms with Crippen molar-refractivity contribution >= 4 is 57.1 Å². The van der Waals surface area contributed by atoms with E-state index in [0.29, 0.717) is 16.2 Å². The maximum Gasteiger partial charge on any atom is 0.285 e. The maximum atomic E-state index is 12.7. The summed E-state index contributed by atoms with van der Waals surface area (Å²) in [5.74, 6) is -0.356. The van der Waals surface area contributed by atoms with Gasteiger partial charge in [0.1, 0.15) is 5.76 Å². The maximum absolute atomic E-state index is 12.7. The first kappa shape index (κ1) is 17.4. The van der Waals surface area contributed by atoms with Crippen LogP contribution in [-0.4, -0.2) is 26.1 Å². The Morgan fingerprint density at radius 1 is 1.30 bits per heavy atom. The molecule has 1 aromatic carbocycles. The van der Waals surface area contributed by atoms with Gasteiger partial charge in [0.25, 0.3) is 11.8 Å². The van der Waals surface area contributed by atoms with Crippen molar-refractivity contribution in [2.45, 2.75) is 6.92 Å². The van der Waals surface area contributed by atoms with Crippen LogP contribution in [0.3, 0.4) is 0 Å². The van der Waals surface area contributed by atoms with Crippen LogP contribution in [0.4, 0.5) is 0 Å². The summed E-state index contributed by atoms with van der Waals surface area (Å²) in [5, 5.41) is 2.02. The van der Waals surface area contributed by atoms with Crippen LogP contribution in [0.25, 0.3) is 17.0 Å². The number of hydrogen-bond acceptors (Lipinski definition) is 6. The van der Waals surface area contributed by atoms with E-state index < -0.39 is 5.91 Å². The van der Waals surface area contributed by atoms with E-state index in [4.69, 9.17) is 16.6 Å². The number of hydrogen-bond donors (Lipinski definition) is 1. The second-order valence-corrected chi connectivity index (χ2v) is 7.44. The molecule has 1 aliphatic rings. The molecule has 134 valence electrons. The molecule has 1 saturated heterocycles. The molecular formula is C19H13N3O3S2. The molecule has 1 N–H and O–H groups in total. The van der Waals surface area contributed by atoms with Gasteiger partial charge in [0, 0.05) is 11.6 Å². The summed E-state index contributed by atoms with van der Waals surface area (Å²) in [4.78, 5) is 29.8. The lowest BCUT2D eigenvalue weighted by molar-refractivity contribution is -0.123. The van der Waals surface area contributed by atoms with E-state index in [2.05, 4.69) is 10.4 Å². The smallest absolute Gasteiger partial charge is 0.285 e. The monoisotopic (exact) mass is 395 g/mol. The van der Waals surface area contributed by atoms with E-state index >= 15 is 0 Å². The van der Waals surface area contributed by atoms with Crippen LogP contribution >= 0.6 is 24.0 Å².